The van der Waals surface area contributed by atoms with Gasteiger partial charge in [-0.15, -0.1) is 0 Å². The number of benzene rings is 3. The predicted molar refractivity (Wildman–Crippen MR) is 113 cm³/mol. The van der Waals surface area contributed by atoms with Crippen molar-refractivity contribution < 1.29 is 43.1 Å². The van der Waals surface area contributed by atoms with Gasteiger partial charge in [0.2, 0.25) is 0 Å². The highest BCUT2D eigenvalue weighted by Crippen LogP contribution is 2.13. The molecule has 0 aliphatic heterocycles. The molecule has 2 nitrogen and oxygen atoms in total. The van der Waals surface area contributed by atoms with Crippen molar-refractivity contribution in [2.45, 2.75) is 13.1 Å². The largest absolute Gasteiger partial charge is 1.00 e. The van der Waals surface area contributed by atoms with Crippen LogP contribution in [0.4, 0.5) is 0 Å². The van der Waals surface area contributed by atoms with Gasteiger partial charge in [0.05, 0.1) is 0 Å². The molecule has 0 aliphatic carbocycles. The summed E-state index contributed by atoms with van der Waals surface area (Å²) in [5.41, 5.74) is 2.70. The van der Waals surface area contributed by atoms with E-state index in [2.05, 4.69) is 119 Å². The second-order valence-corrected chi connectivity index (χ2v) is 7.26. The van der Waals surface area contributed by atoms with Crippen LogP contribution in [0.1, 0.15) is 11.1 Å². The topological polar surface area (TPSA) is 7.76 Å². The molecular formula is C26H22Br2N2. The van der Waals surface area contributed by atoms with Crippen LogP contribution in [0.15, 0.2) is 110 Å². The summed E-state index contributed by atoms with van der Waals surface area (Å²) in [6.45, 7) is 1.74. The zero-order valence-electron chi connectivity index (χ0n) is 16.5. The van der Waals surface area contributed by atoms with E-state index in [1.54, 1.807) is 0 Å². The van der Waals surface area contributed by atoms with Crippen LogP contribution >= 0.6 is 0 Å². The molecule has 0 saturated carbocycles. The van der Waals surface area contributed by atoms with Crippen molar-refractivity contribution in [2.24, 2.45) is 0 Å². The maximum Gasteiger partial charge on any atom is 0.176 e. The maximum atomic E-state index is 2.27. The highest BCUT2D eigenvalue weighted by Gasteiger charge is 2.12. The van der Waals surface area contributed by atoms with Crippen molar-refractivity contribution in [1.82, 2.24) is 0 Å². The van der Waals surface area contributed by atoms with Crippen molar-refractivity contribution in [3.05, 3.63) is 121 Å². The van der Waals surface area contributed by atoms with Crippen molar-refractivity contribution >= 4 is 21.5 Å². The van der Waals surface area contributed by atoms with E-state index in [0.717, 1.165) is 13.1 Å². The van der Waals surface area contributed by atoms with E-state index in [9.17, 15) is 0 Å². The van der Waals surface area contributed by atoms with E-state index in [-0.39, 0.29) is 34.0 Å². The number of aromatic nitrogens is 2. The summed E-state index contributed by atoms with van der Waals surface area (Å²) in [6, 6.07) is 30.1. The fraction of sp³-hybridized carbons (Fsp3) is 0.0769. The summed E-state index contributed by atoms with van der Waals surface area (Å²) in [4.78, 5) is 0. The molecule has 30 heavy (non-hydrogen) atoms. The number of pyridine rings is 2. The molecule has 0 bridgehead atoms. The van der Waals surface area contributed by atoms with Gasteiger partial charge in [0.1, 0.15) is 0 Å². The molecule has 150 valence electrons. The van der Waals surface area contributed by atoms with Gasteiger partial charge in [0.25, 0.3) is 0 Å². The van der Waals surface area contributed by atoms with E-state index in [4.69, 9.17) is 0 Å². The molecule has 2 heterocycles. The number of rotatable bonds is 4. The molecule has 2 aromatic heterocycles. The lowest BCUT2D eigenvalue weighted by atomic mass is 10.1. The Morgan fingerprint density at radius 1 is 0.433 bits per heavy atom. The number of hydrogen-bond acceptors (Lipinski definition) is 0. The maximum absolute atomic E-state index is 2.27. The smallest absolute Gasteiger partial charge is 0.176 e. The number of fused-ring (bicyclic) bond motifs is 2. The minimum Gasteiger partial charge on any atom is -1.00 e. The average molecular weight is 522 g/mol. The van der Waals surface area contributed by atoms with E-state index in [0.29, 0.717) is 0 Å². The van der Waals surface area contributed by atoms with Crippen LogP contribution < -0.4 is 43.1 Å². The van der Waals surface area contributed by atoms with Gasteiger partial charge in [-0.25, -0.2) is 9.13 Å². The molecule has 0 radical (unpaired) electrons. The molecule has 0 fully saturated rings. The summed E-state index contributed by atoms with van der Waals surface area (Å²) in [7, 11) is 0. The fourth-order valence-electron chi connectivity index (χ4n) is 3.81. The third-order valence-corrected chi connectivity index (χ3v) is 5.32. The van der Waals surface area contributed by atoms with E-state index >= 15 is 0 Å². The molecule has 0 atom stereocenters. The lowest BCUT2D eigenvalue weighted by Crippen LogP contribution is -3.00. The molecule has 0 saturated heterocycles. The van der Waals surface area contributed by atoms with Crippen LogP contribution in [-0.2, 0) is 13.1 Å². The van der Waals surface area contributed by atoms with Crippen molar-refractivity contribution in [1.29, 1.82) is 0 Å². The Hall–Kier alpha value is -2.56. The van der Waals surface area contributed by atoms with Gasteiger partial charge < -0.3 is 34.0 Å². The SMILES string of the molecule is [Br-].[Br-].c1ccc(C[n+]2ccc3ccccc3c2)c(C[n+]2ccc3ccccc3c2)c1. The second-order valence-electron chi connectivity index (χ2n) is 7.26. The molecule has 5 rings (SSSR count). The van der Waals surface area contributed by atoms with E-state index in [1.165, 1.54) is 32.7 Å². The minimum atomic E-state index is 0. The fourth-order valence-corrected chi connectivity index (χ4v) is 3.81. The Morgan fingerprint density at radius 3 is 1.23 bits per heavy atom. The van der Waals surface area contributed by atoms with Crippen LogP contribution in [0, 0.1) is 0 Å². The van der Waals surface area contributed by atoms with Crippen molar-refractivity contribution in [3.8, 4) is 0 Å². The molecule has 0 spiro atoms. The van der Waals surface area contributed by atoms with Crippen LogP contribution in [0.25, 0.3) is 21.5 Å². The van der Waals surface area contributed by atoms with Gasteiger partial charge in [0, 0.05) is 34.0 Å². The Labute approximate surface area is 198 Å². The molecular weight excluding hydrogens is 500 g/mol. The van der Waals surface area contributed by atoms with Crippen molar-refractivity contribution in [2.75, 3.05) is 0 Å². The first-order chi connectivity index (χ1) is 13.8. The third kappa shape index (κ3) is 4.77. The lowest BCUT2D eigenvalue weighted by molar-refractivity contribution is -0.692. The van der Waals surface area contributed by atoms with Gasteiger partial charge >= 0.3 is 0 Å². The van der Waals surface area contributed by atoms with Gasteiger partial charge in [0.15, 0.2) is 37.9 Å². The Kier molecular flexibility index (Phi) is 7.35. The molecule has 5 aromatic rings. The second kappa shape index (κ2) is 9.96. The normalized spacial score (nSPS) is 10.4. The summed E-state index contributed by atoms with van der Waals surface area (Å²) < 4.78 is 4.54. The number of nitrogens with zero attached hydrogens (tertiary/aromatic N) is 2. The summed E-state index contributed by atoms with van der Waals surface area (Å²) in [6.07, 6.45) is 8.80. The third-order valence-electron chi connectivity index (χ3n) is 5.32. The van der Waals surface area contributed by atoms with Gasteiger partial charge in [-0.05, 0) is 22.9 Å². The molecule has 0 unspecified atom stereocenters. The van der Waals surface area contributed by atoms with Crippen LogP contribution in [0.3, 0.4) is 0 Å². The Morgan fingerprint density at radius 2 is 0.800 bits per heavy atom. The highest BCUT2D eigenvalue weighted by molar-refractivity contribution is 5.81. The minimum absolute atomic E-state index is 0. The molecule has 0 aliphatic rings. The zero-order valence-corrected chi connectivity index (χ0v) is 19.6. The Balaban J connectivity index is 0.00000128. The molecule has 4 heteroatoms. The zero-order chi connectivity index (χ0) is 18.8. The molecule has 0 N–H and O–H groups in total. The highest BCUT2D eigenvalue weighted by atomic mass is 79.9. The number of halogens is 2. The lowest BCUT2D eigenvalue weighted by Gasteiger charge is -2.06. The first kappa shape index (κ1) is 22.1. The monoisotopic (exact) mass is 520 g/mol. The van der Waals surface area contributed by atoms with E-state index < -0.39 is 0 Å². The first-order valence-electron chi connectivity index (χ1n) is 9.68. The quantitative estimate of drug-likeness (QED) is 0.259. The summed E-state index contributed by atoms with van der Waals surface area (Å²) in [5.74, 6) is 0. The first-order valence-corrected chi connectivity index (χ1v) is 9.68. The Bertz CT molecular complexity index is 1180. The summed E-state index contributed by atoms with van der Waals surface area (Å²) >= 11 is 0. The van der Waals surface area contributed by atoms with Crippen LogP contribution in [-0.4, -0.2) is 0 Å². The predicted octanol–water partition coefficient (Wildman–Crippen LogP) is -1.33. The average Bonchev–Trinajstić information content (AvgIpc) is 2.75. The van der Waals surface area contributed by atoms with Gasteiger partial charge in [-0.1, -0.05) is 60.7 Å². The summed E-state index contributed by atoms with van der Waals surface area (Å²) in [5, 5.41) is 5.09. The standard InChI is InChI=1S/C26H22N2.2BrH/c1-3-9-23-17-27(15-13-21(23)7-1)19-25-11-5-6-12-26(25)20-28-16-14-22-8-2-4-10-24(22)18-28;;/h1-18H,19-20H2;2*1H/q+2;;/p-2. The van der Waals surface area contributed by atoms with Crippen LogP contribution in [0.5, 0.6) is 0 Å². The molecule has 3 aromatic carbocycles. The number of hydrogen-bond donors (Lipinski definition) is 0. The van der Waals surface area contributed by atoms with Crippen molar-refractivity contribution in [3.63, 3.8) is 0 Å². The van der Waals surface area contributed by atoms with Gasteiger partial charge in [-0.3, -0.25) is 0 Å². The van der Waals surface area contributed by atoms with Gasteiger partial charge in [-0.2, -0.15) is 0 Å². The van der Waals surface area contributed by atoms with E-state index in [1.807, 2.05) is 0 Å². The molecule has 0 amide bonds. The van der Waals surface area contributed by atoms with Crippen LogP contribution in [0.2, 0.25) is 0 Å².